The van der Waals surface area contributed by atoms with Gasteiger partial charge in [-0.05, 0) is 56.1 Å². The van der Waals surface area contributed by atoms with Crippen molar-refractivity contribution in [2.75, 3.05) is 26.2 Å². The van der Waals surface area contributed by atoms with Crippen LogP contribution in [0.4, 0.5) is 0 Å². The molecule has 152 valence electrons. The predicted octanol–water partition coefficient (Wildman–Crippen LogP) is 2.44. The van der Waals surface area contributed by atoms with E-state index < -0.39 is 0 Å². The molecule has 8 heteroatoms. The van der Waals surface area contributed by atoms with Crippen LogP contribution in [0.3, 0.4) is 0 Å². The first kappa shape index (κ1) is 23.0. The maximum absolute atomic E-state index is 10.6. The number of nitrogens with two attached hydrogens (primary N) is 1. The lowest BCUT2D eigenvalue weighted by Gasteiger charge is -2.34. The zero-order valence-corrected chi connectivity index (χ0v) is 16.1. The van der Waals surface area contributed by atoms with Gasteiger partial charge in [-0.3, -0.25) is 15.3 Å². The Morgan fingerprint density at radius 2 is 2.15 bits per heavy atom. The number of nitroso groups, excluding NO2 is 1. The molecule has 1 fully saturated rings. The number of rotatable bonds is 14. The van der Waals surface area contributed by atoms with Gasteiger partial charge in [-0.15, -0.1) is 4.91 Å². The average molecular weight is 379 g/mol. The molecule has 0 saturated carbocycles. The molecule has 0 aliphatic carbocycles. The van der Waals surface area contributed by atoms with E-state index in [2.05, 4.69) is 22.0 Å². The summed E-state index contributed by atoms with van der Waals surface area (Å²) in [5.41, 5.74) is 1.03. The SMILES string of the molecule is C=C/C(=C\C(=C\N=O)NCCCCCCN1CCCC[C@H]1CO)N(N)C=N. The maximum Gasteiger partial charge on any atom is 0.101 e. The average Bonchev–Trinajstić information content (AvgIpc) is 2.70. The summed E-state index contributed by atoms with van der Waals surface area (Å²) < 4.78 is 0. The Bertz CT molecular complexity index is 520. The fraction of sp³-hybridized carbons (Fsp3) is 0.632. The van der Waals surface area contributed by atoms with Crippen molar-refractivity contribution in [1.82, 2.24) is 15.2 Å². The van der Waals surface area contributed by atoms with E-state index in [-0.39, 0.29) is 6.61 Å². The zero-order chi connectivity index (χ0) is 19.9. The third kappa shape index (κ3) is 8.94. The van der Waals surface area contributed by atoms with Crippen LogP contribution < -0.4 is 11.2 Å². The molecule has 1 aliphatic heterocycles. The highest BCUT2D eigenvalue weighted by atomic mass is 16.3. The van der Waals surface area contributed by atoms with Gasteiger partial charge in [0.25, 0.3) is 0 Å². The van der Waals surface area contributed by atoms with Gasteiger partial charge in [0.05, 0.1) is 24.2 Å². The first-order chi connectivity index (χ1) is 13.2. The number of allylic oxidation sites excluding steroid dienone is 2. The van der Waals surface area contributed by atoms with Gasteiger partial charge in [0.15, 0.2) is 0 Å². The van der Waals surface area contributed by atoms with Crippen LogP contribution in [0.2, 0.25) is 0 Å². The van der Waals surface area contributed by atoms with Crippen molar-refractivity contribution >= 4 is 6.34 Å². The quantitative estimate of drug-likeness (QED) is 0.0701. The van der Waals surface area contributed by atoms with Crippen molar-refractivity contribution in [1.29, 1.82) is 5.41 Å². The molecule has 5 N–H and O–H groups in total. The van der Waals surface area contributed by atoms with E-state index in [1.54, 1.807) is 6.08 Å². The maximum atomic E-state index is 10.6. The van der Waals surface area contributed by atoms with Crippen molar-refractivity contribution < 1.29 is 5.11 Å². The Balaban J connectivity index is 2.27. The number of likely N-dealkylation sites (tertiary alicyclic amines) is 1. The molecule has 1 aliphatic rings. The van der Waals surface area contributed by atoms with Crippen LogP contribution in [0, 0.1) is 10.3 Å². The normalized spacial score (nSPS) is 18.8. The summed E-state index contributed by atoms with van der Waals surface area (Å²) in [5, 5.41) is 23.7. The standard InChI is InChI=1S/C19H34N6O2/c1-2-18(25(21)16-20)13-17(14-23-27)22-10-6-3-4-7-11-24-12-8-5-9-19(24)15-26/h2,13-14,16,19-20,22,26H,1,3-12,15,21H2/b17-14-,18-13+,20-16?/t19-/m0/s1. The molecule has 1 saturated heterocycles. The lowest BCUT2D eigenvalue weighted by Crippen LogP contribution is -2.42. The largest absolute Gasteiger partial charge is 0.395 e. The number of nitrogens with zero attached hydrogens (tertiary/aromatic N) is 3. The molecule has 1 atom stereocenters. The van der Waals surface area contributed by atoms with Gasteiger partial charge in [0.1, 0.15) is 6.34 Å². The summed E-state index contributed by atoms with van der Waals surface area (Å²) >= 11 is 0. The second-order valence-corrected chi connectivity index (χ2v) is 6.71. The third-order valence-electron chi connectivity index (χ3n) is 4.80. The summed E-state index contributed by atoms with van der Waals surface area (Å²) in [6.07, 6.45) is 13.2. The van der Waals surface area contributed by atoms with E-state index in [0.717, 1.165) is 63.1 Å². The van der Waals surface area contributed by atoms with Gasteiger partial charge < -0.3 is 10.4 Å². The molecule has 0 bridgehead atoms. The molecule has 27 heavy (non-hydrogen) atoms. The lowest BCUT2D eigenvalue weighted by molar-refractivity contribution is 0.0886. The predicted molar refractivity (Wildman–Crippen MR) is 110 cm³/mol. The first-order valence-electron chi connectivity index (χ1n) is 9.66. The van der Waals surface area contributed by atoms with Crippen LogP contribution >= 0.6 is 0 Å². The number of aliphatic hydroxyl groups is 1. The molecule has 0 aromatic carbocycles. The number of unbranched alkanes of at least 4 members (excludes halogenated alkanes) is 3. The molecule has 0 aromatic rings. The summed E-state index contributed by atoms with van der Waals surface area (Å²) in [5.74, 6) is 5.63. The van der Waals surface area contributed by atoms with Crippen LogP contribution in [0.15, 0.2) is 41.5 Å². The second kappa shape index (κ2) is 14.1. The van der Waals surface area contributed by atoms with Crippen LogP contribution in [0.5, 0.6) is 0 Å². The number of hydrogen-bond donors (Lipinski definition) is 4. The zero-order valence-electron chi connectivity index (χ0n) is 16.1. The van der Waals surface area contributed by atoms with E-state index in [9.17, 15) is 10.0 Å². The fourth-order valence-electron chi connectivity index (χ4n) is 3.25. The molecule has 0 aromatic heterocycles. The highest BCUT2D eigenvalue weighted by molar-refractivity contribution is 5.55. The van der Waals surface area contributed by atoms with Crippen molar-refractivity contribution in [2.24, 2.45) is 11.0 Å². The number of nitrogens with one attached hydrogen (secondary N) is 2. The van der Waals surface area contributed by atoms with Crippen LogP contribution in [0.25, 0.3) is 0 Å². The molecule has 0 unspecified atom stereocenters. The number of hydrazine groups is 1. The van der Waals surface area contributed by atoms with Gasteiger partial charge >= 0.3 is 0 Å². The van der Waals surface area contributed by atoms with Crippen LogP contribution in [-0.4, -0.2) is 53.6 Å². The van der Waals surface area contributed by atoms with E-state index >= 15 is 0 Å². The third-order valence-corrected chi connectivity index (χ3v) is 4.80. The number of aliphatic hydroxyl groups excluding tert-OH is 1. The van der Waals surface area contributed by atoms with Crippen LogP contribution in [-0.2, 0) is 0 Å². The highest BCUT2D eigenvalue weighted by Gasteiger charge is 2.20. The minimum absolute atomic E-state index is 0.266. The van der Waals surface area contributed by atoms with Gasteiger partial charge in [-0.1, -0.05) is 25.8 Å². The second-order valence-electron chi connectivity index (χ2n) is 6.71. The van der Waals surface area contributed by atoms with E-state index in [1.165, 1.54) is 25.1 Å². The molecule has 0 radical (unpaired) electrons. The van der Waals surface area contributed by atoms with Crippen LogP contribution in [0.1, 0.15) is 44.9 Å². The topological polar surface area (TPSA) is 118 Å². The van der Waals surface area contributed by atoms with E-state index in [0.29, 0.717) is 17.4 Å². The highest BCUT2D eigenvalue weighted by Crippen LogP contribution is 2.17. The summed E-state index contributed by atoms with van der Waals surface area (Å²) in [4.78, 5) is 13.0. The van der Waals surface area contributed by atoms with Crippen molar-refractivity contribution in [2.45, 2.75) is 51.0 Å². The van der Waals surface area contributed by atoms with Gasteiger partial charge in [-0.2, -0.15) is 0 Å². The first-order valence-corrected chi connectivity index (χ1v) is 9.66. The van der Waals surface area contributed by atoms with Crippen molar-refractivity contribution in [3.8, 4) is 0 Å². The minimum atomic E-state index is 0.266. The monoisotopic (exact) mass is 378 g/mol. The number of hydrogen-bond acceptors (Lipinski definition) is 7. The van der Waals surface area contributed by atoms with E-state index in [4.69, 9.17) is 11.3 Å². The summed E-state index contributed by atoms with van der Waals surface area (Å²) in [7, 11) is 0. The van der Waals surface area contributed by atoms with Gasteiger partial charge in [-0.25, -0.2) is 5.84 Å². The molecule has 0 amide bonds. The fourth-order valence-corrected chi connectivity index (χ4v) is 3.25. The minimum Gasteiger partial charge on any atom is -0.395 e. The summed E-state index contributed by atoms with van der Waals surface area (Å²) in [6, 6.07) is 0.345. The Hall–Kier alpha value is -2.03. The molecule has 8 nitrogen and oxygen atoms in total. The lowest BCUT2D eigenvalue weighted by atomic mass is 10.0. The molecule has 1 rings (SSSR count). The molecule has 1 heterocycles. The van der Waals surface area contributed by atoms with Crippen molar-refractivity contribution in [3.63, 3.8) is 0 Å². The molecular formula is C19H34N6O2. The van der Waals surface area contributed by atoms with Gasteiger partial charge in [0.2, 0.25) is 0 Å². The molecule has 0 spiro atoms. The molecular weight excluding hydrogens is 344 g/mol. The Morgan fingerprint density at radius 3 is 2.81 bits per heavy atom. The summed E-state index contributed by atoms with van der Waals surface area (Å²) in [6.45, 7) is 6.79. The Kier molecular flexibility index (Phi) is 12.0. The van der Waals surface area contributed by atoms with Crippen molar-refractivity contribution in [3.05, 3.63) is 41.2 Å². The van der Waals surface area contributed by atoms with E-state index in [1.807, 2.05) is 0 Å². The Labute approximate surface area is 162 Å². The van der Waals surface area contributed by atoms with Gasteiger partial charge in [0, 0.05) is 12.6 Å². The number of piperidine rings is 1. The smallest absolute Gasteiger partial charge is 0.101 e. The Morgan fingerprint density at radius 1 is 1.37 bits per heavy atom.